The molecule has 2 aromatic rings. The van der Waals surface area contributed by atoms with E-state index in [4.69, 9.17) is 5.73 Å². The van der Waals surface area contributed by atoms with Crippen LogP contribution in [0.5, 0.6) is 0 Å². The molecule has 0 spiro atoms. The number of benzene rings is 1. The van der Waals surface area contributed by atoms with Crippen LogP contribution in [0.1, 0.15) is 5.56 Å². The number of nitro groups is 1. The summed E-state index contributed by atoms with van der Waals surface area (Å²) in [5.74, 6) is 0.627. The normalized spacial score (nSPS) is 10.0. The van der Waals surface area contributed by atoms with E-state index in [0.29, 0.717) is 23.6 Å². The highest BCUT2D eigenvalue weighted by atomic mass is 16.6. The number of hydrogen-bond donors (Lipinski definition) is 2. The Bertz CT molecular complexity index is 554. The van der Waals surface area contributed by atoms with Gasteiger partial charge in [0.15, 0.2) is 0 Å². The average molecular weight is 244 g/mol. The number of para-hydroxylation sites is 1. The quantitative estimate of drug-likeness (QED) is 0.635. The fourth-order valence-electron chi connectivity index (χ4n) is 1.53. The molecule has 0 aliphatic heterocycles. The second-order valence-electron chi connectivity index (χ2n) is 3.72. The van der Waals surface area contributed by atoms with Crippen molar-refractivity contribution in [2.24, 2.45) is 0 Å². The third kappa shape index (κ3) is 2.73. The lowest BCUT2D eigenvalue weighted by Gasteiger charge is -2.06. The monoisotopic (exact) mass is 244 g/mol. The number of aromatic nitrogens is 1. The maximum absolute atomic E-state index is 10.8. The van der Waals surface area contributed by atoms with Gasteiger partial charge in [-0.3, -0.25) is 10.1 Å². The Kier molecular flexibility index (Phi) is 3.38. The molecule has 3 N–H and O–H groups in total. The largest absolute Gasteiger partial charge is 0.397 e. The van der Waals surface area contributed by atoms with E-state index in [1.165, 1.54) is 12.3 Å². The minimum atomic E-state index is -0.395. The summed E-state index contributed by atoms with van der Waals surface area (Å²) >= 11 is 0. The molecule has 2 rings (SSSR count). The number of nitrogens with zero attached hydrogens (tertiary/aromatic N) is 2. The van der Waals surface area contributed by atoms with Gasteiger partial charge < -0.3 is 11.1 Å². The van der Waals surface area contributed by atoms with Crippen molar-refractivity contribution in [3.63, 3.8) is 0 Å². The summed E-state index contributed by atoms with van der Waals surface area (Å²) in [7, 11) is 0. The van der Waals surface area contributed by atoms with Crippen LogP contribution in [0.2, 0.25) is 0 Å². The fourth-order valence-corrected chi connectivity index (χ4v) is 1.53. The van der Waals surface area contributed by atoms with Gasteiger partial charge in [0.2, 0.25) is 0 Å². The molecule has 0 radical (unpaired) electrons. The van der Waals surface area contributed by atoms with E-state index in [2.05, 4.69) is 10.3 Å². The first-order chi connectivity index (χ1) is 8.66. The van der Waals surface area contributed by atoms with Crippen molar-refractivity contribution in [1.82, 2.24) is 4.98 Å². The second-order valence-corrected chi connectivity index (χ2v) is 3.72. The third-order valence-electron chi connectivity index (χ3n) is 2.43. The summed E-state index contributed by atoms with van der Waals surface area (Å²) in [5.41, 5.74) is 6.80. The lowest BCUT2D eigenvalue weighted by Crippen LogP contribution is -2.04. The molecule has 6 heteroatoms. The van der Waals surface area contributed by atoms with Gasteiger partial charge in [0.05, 0.1) is 16.8 Å². The van der Waals surface area contributed by atoms with Crippen molar-refractivity contribution in [3.8, 4) is 0 Å². The summed E-state index contributed by atoms with van der Waals surface area (Å²) in [6.45, 7) is 0.341. The van der Waals surface area contributed by atoms with Crippen LogP contribution in [0.4, 0.5) is 17.2 Å². The molecular weight excluding hydrogens is 232 g/mol. The zero-order valence-corrected chi connectivity index (χ0v) is 9.54. The highest BCUT2D eigenvalue weighted by Crippen LogP contribution is 2.18. The zero-order valence-electron chi connectivity index (χ0n) is 9.54. The second kappa shape index (κ2) is 5.13. The van der Waals surface area contributed by atoms with Crippen molar-refractivity contribution < 1.29 is 4.92 Å². The zero-order chi connectivity index (χ0) is 13.0. The Labute approximate surface area is 104 Å². The van der Waals surface area contributed by atoms with Gasteiger partial charge in [0.1, 0.15) is 5.82 Å². The number of nitrogen functional groups attached to an aromatic ring is 1. The maximum atomic E-state index is 10.8. The Balaban J connectivity index is 2.10. The Morgan fingerprint density at radius 3 is 2.72 bits per heavy atom. The van der Waals surface area contributed by atoms with E-state index < -0.39 is 4.92 Å². The van der Waals surface area contributed by atoms with Gasteiger partial charge in [-0.25, -0.2) is 4.98 Å². The lowest BCUT2D eigenvalue weighted by molar-refractivity contribution is -0.385. The number of pyridine rings is 1. The van der Waals surface area contributed by atoms with Crippen LogP contribution in [0, 0.1) is 10.1 Å². The standard InChI is InChI=1S/C12H12N4O2/c13-10-5-6-12(15-8-10)14-7-9-3-1-2-4-11(9)16(17)18/h1-6,8H,7,13H2,(H,14,15). The molecule has 0 unspecified atom stereocenters. The van der Waals surface area contributed by atoms with Crippen LogP contribution >= 0.6 is 0 Å². The minimum Gasteiger partial charge on any atom is -0.397 e. The molecule has 6 nitrogen and oxygen atoms in total. The van der Waals surface area contributed by atoms with Gasteiger partial charge in [-0.05, 0) is 12.1 Å². The molecule has 0 saturated carbocycles. The number of rotatable bonds is 4. The molecule has 0 saturated heterocycles. The van der Waals surface area contributed by atoms with Gasteiger partial charge in [0, 0.05) is 18.2 Å². The highest BCUT2D eigenvalue weighted by molar-refractivity contribution is 5.46. The first-order valence-corrected chi connectivity index (χ1v) is 5.34. The number of nitrogens with one attached hydrogen (secondary N) is 1. The minimum absolute atomic E-state index is 0.0976. The molecule has 0 aliphatic rings. The summed E-state index contributed by atoms with van der Waals surface area (Å²) in [6.07, 6.45) is 1.53. The van der Waals surface area contributed by atoms with E-state index in [1.807, 2.05) is 0 Å². The SMILES string of the molecule is Nc1ccc(NCc2ccccc2[N+](=O)[O-])nc1. The van der Waals surface area contributed by atoms with Gasteiger partial charge in [-0.1, -0.05) is 18.2 Å². The van der Waals surface area contributed by atoms with Crippen molar-refractivity contribution in [1.29, 1.82) is 0 Å². The van der Waals surface area contributed by atoms with E-state index in [0.717, 1.165) is 0 Å². The maximum Gasteiger partial charge on any atom is 0.274 e. The van der Waals surface area contributed by atoms with Crippen LogP contribution < -0.4 is 11.1 Å². The fraction of sp³-hybridized carbons (Fsp3) is 0.0833. The van der Waals surface area contributed by atoms with E-state index in [1.54, 1.807) is 30.3 Å². The van der Waals surface area contributed by atoms with Crippen molar-refractivity contribution in [2.45, 2.75) is 6.54 Å². The highest BCUT2D eigenvalue weighted by Gasteiger charge is 2.11. The van der Waals surface area contributed by atoms with E-state index in [-0.39, 0.29) is 5.69 Å². The van der Waals surface area contributed by atoms with Gasteiger partial charge in [0.25, 0.3) is 5.69 Å². The lowest BCUT2D eigenvalue weighted by atomic mass is 10.2. The average Bonchev–Trinajstić information content (AvgIpc) is 2.38. The smallest absolute Gasteiger partial charge is 0.274 e. The molecule has 1 aromatic carbocycles. The summed E-state index contributed by atoms with van der Waals surface area (Å²) < 4.78 is 0. The first-order valence-electron chi connectivity index (χ1n) is 5.34. The Morgan fingerprint density at radius 1 is 1.28 bits per heavy atom. The molecule has 1 aromatic heterocycles. The Morgan fingerprint density at radius 2 is 2.06 bits per heavy atom. The number of hydrogen-bond acceptors (Lipinski definition) is 5. The third-order valence-corrected chi connectivity index (χ3v) is 2.43. The van der Waals surface area contributed by atoms with Crippen molar-refractivity contribution >= 4 is 17.2 Å². The van der Waals surface area contributed by atoms with Crippen LogP contribution in [-0.2, 0) is 6.54 Å². The first kappa shape index (κ1) is 11.8. The van der Waals surface area contributed by atoms with Crippen molar-refractivity contribution in [2.75, 3.05) is 11.1 Å². The van der Waals surface area contributed by atoms with Gasteiger partial charge in [-0.2, -0.15) is 0 Å². The number of nitro benzene ring substituents is 1. The molecule has 0 aliphatic carbocycles. The van der Waals surface area contributed by atoms with Crippen LogP contribution in [0.3, 0.4) is 0 Å². The molecule has 0 amide bonds. The molecule has 18 heavy (non-hydrogen) atoms. The number of anilines is 2. The van der Waals surface area contributed by atoms with Gasteiger partial charge >= 0.3 is 0 Å². The van der Waals surface area contributed by atoms with E-state index in [9.17, 15) is 10.1 Å². The summed E-state index contributed by atoms with van der Waals surface area (Å²) in [6, 6.07) is 10.0. The predicted octanol–water partition coefficient (Wildman–Crippen LogP) is 2.18. The topological polar surface area (TPSA) is 94.1 Å². The van der Waals surface area contributed by atoms with Crippen LogP contribution in [0.25, 0.3) is 0 Å². The predicted molar refractivity (Wildman–Crippen MR) is 69.1 cm³/mol. The van der Waals surface area contributed by atoms with E-state index >= 15 is 0 Å². The van der Waals surface area contributed by atoms with Gasteiger partial charge in [-0.15, -0.1) is 0 Å². The van der Waals surface area contributed by atoms with Crippen molar-refractivity contribution in [3.05, 3.63) is 58.3 Å². The molecule has 0 bridgehead atoms. The molecular formula is C12H12N4O2. The molecule has 92 valence electrons. The molecule has 0 atom stereocenters. The molecule has 1 heterocycles. The Hall–Kier alpha value is -2.63. The van der Waals surface area contributed by atoms with Crippen LogP contribution in [0.15, 0.2) is 42.6 Å². The van der Waals surface area contributed by atoms with Crippen LogP contribution in [-0.4, -0.2) is 9.91 Å². The molecule has 0 fully saturated rings. The summed E-state index contributed by atoms with van der Waals surface area (Å²) in [5, 5.41) is 13.8. The summed E-state index contributed by atoms with van der Waals surface area (Å²) in [4.78, 5) is 14.5. The number of nitrogens with two attached hydrogens (primary N) is 1.